The van der Waals surface area contributed by atoms with E-state index < -0.39 is 11.8 Å². The Morgan fingerprint density at radius 3 is 2.70 bits per heavy atom. The minimum Gasteiger partial charge on any atom is -0.454 e. The lowest BCUT2D eigenvalue weighted by molar-refractivity contribution is -0.122. The van der Waals surface area contributed by atoms with Crippen LogP contribution in [-0.4, -0.2) is 23.7 Å². The lowest BCUT2D eigenvalue weighted by Crippen LogP contribution is -2.54. The predicted octanol–water partition coefficient (Wildman–Crippen LogP) is 3.55. The van der Waals surface area contributed by atoms with Crippen LogP contribution in [0.4, 0.5) is 5.69 Å². The van der Waals surface area contributed by atoms with E-state index in [9.17, 15) is 9.59 Å². The number of hydrogen-bond acceptors (Lipinski definition) is 5. The van der Waals surface area contributed by atoms with E-state index in [-0.39, 0.29) is 33.2 Å². The highest BCUT2D eigenvalue weighted by Crippen LogP contribution is 2.35. The number of benzene rings is 2. The molecule has 0 aliphatic carbocycles. The molecule has 4 rings (SSSR count). The average molecular weight is 421 g/mol. The molecule has 0 spiro atoms. The SMILES string of the molecule is O=C1NC(=S)N(c2cccc(Cl)c2Cl)C(=O)/C1=C/c1ccc2c(c1)OCO2. The molecule has 2 aromatic rings. The van der Waals surface area contributed by atoms with Crippen molar-refractivity contribution in [1.82, 2.24) is 5.32 Å². The monoisotopic (exact) mass is 420 g/mol. The average Bonchev–Trinajstić information content (AvgIpc) is 3.10. The fourth-order valence-electron chi connectivity index (χ4n) is 2.71. The maximum atomic E-state index is 13.0. The van der Waals surface area contributed by atoms with E-state index in [0.29, 0.717) is 17.1 Å². The summed E-state index contributed by atoms with van der Waals surface area (Å²) in [5.41, 5.74) is 0.789. The van der Waals surface area contributed by atoms with Gasteiger partial charge >= 0.3 is 0 Å². The van der Waals surface area contributed by atoms with Crippen LogP contribution in [0.2, 0.25) is 10.0 Å². The fraction of sp³-hybridized carbons (Fsp3) is 0.0556. The minimum absolute atomic E-state index is 0.0722. The first-order valence-electron chi connectivity index (χ1n) is 7.71. The van der Waals surface area contributed by atoms with E-state index in [1.54, 1.807) is 36.4 Å². The molecule has 1 N–H and O–H groups in total. The van der Waals surface area contributed by atoms with Crippen LogP contribution in [0.5, 0.6) is 11.5 Å². The van der Waals surface area contributed by atoms with Crippen molar-refractivity contribution in [3.63, 3.8) is 0 Å². The third-order valence-corrected chi connectivity index (χ3v) is 5.07. The molecule has 0 radical (unpaired) electrons. The Bertz CT molecular complexity index is 1040. The van der Waals surface area contributed by atoms with Gasteiger partial charge in [-0.15, -0.1) is 0 Å². The van der Waals surface area contributed by atoms with Crippen molar-refractivity contribution >= 4 is 64.1 Å². The lowest BCUT2D eigenvalue weighted by Gasteiger charge is -2.29. The Labute approximate surface area is 169 Å². The summed E-state index contributed by atoms with van der Waals surface area (Å²) in [5.74, 6) is -0.0639. The second kappa shape index (κ2) is 6.84. The topological polar surface area (TPSA) is 67.9 Å². The van der Waals surface area contributed by atoms with Crippen LogP contribution in [0, 0.1) is 0 Å². The molecular weight excluding hydrogens is 411 g/mol. The molecule has 0 unspecified atom stereocenters. The summed E-state index contributed by atoms with van der Waals surface area (Å²) >= 11 is 17.4. The molecule has 0 saturated carbocycles. The molecule has 27 heavy (non-hydrogen) atoms. The van der Waals surface area contributed by atoms with Gasteiger partial charge < -0.3 is 9.47 Å². The highest BCUT2D eigenvalue weighted by Gasteiger charge is 2.35. The number of amides is 2. The van der Waals surface area contributed by atoms with E-state index in [1.807, 2.05) is 0 Å². The van der Waals surface area contributed by atoms with Crippen LogP contribution in [-0.2, 0) is 9.59 Å². The quantitative estimate of drug-likeness (QED) is 0.457. The van der Waals surface area contributed by atoms with Gasteiger partial charge in [-0.1, -0.05) is 35.3 Å². The van der Waals surface area contributed by atoms with Crippen molar-refractivity contribution < 1.29 is 19.1 Å². The zero-order valence-electron chi connectivity index (χ0n) is 13.5. The number of fused-ring (bicyclic) bond motifs is 1. The van der Waals surface area contributed by atoms with Crippen LogP contribution in [0.1, 0.15) is 5.56 Å². The Balaban J connectivity index is 1.75. The molecule has 0 atom stereocenters. The minimum atomic E-state index is -0.606. The second-order valence-electron chi connectivity index (χ2n) is 5.64. The van der Waals surface area contributed by atoms with E-state index >= 15 is 0 Å². The van der Waals surface area contributed by atoms with Gasteiger partial charge in [0, 0.05) is 0 Å². The smallest absolute Gasteiger partial charge is 0.270 e. The number of hydrogen-bond donors (Lipinski definition) is 1. The van der Waals surface area contributed by atoms with Gasteiger partial charge in [0.05, 0.1) is 15.7 Å². The fourth-order valence-corrected chi connectivity index (χ4v) is 3.36. The standard InChI is InChI=1S/C18H10Cl2N2O4S/c19-11-2-1-3-12(15(11)20)22-17(24)10(16(23)21-18(22)27)6-9-4-5-13-14(7-9)26-8-25-13/h1-7H,8H2,(H,21,23,27)/b10-6+. The molecule has 2 heterocycles. The Kier molecular flexibility index (Phi) is 4.51. The van der Waals surface area contributed by atoms with Crippen LogP contribution in [0.15, 0.2) is 42.0 Å². The Morgan fingerprint density at radius 1 is 1.11 bits per heavy atom. The maximum Gasteiger partial charge on any atom is 0.270 e. The number of nitrogens with zero attached hydrogens (tertiary/aromatic N) is 1. The molecule has 2 aromatic carbocycles. The molecule has 136 valence electrons. The van der Waals surface area contributed by atoms with Crippen LogP contribution < -0.4 is 19.7 Å². The van der Waals surface area contributed by atoms with Crippen LogP contribution >= 0.6 is 35.4 Å². The summed E-state index contributed by atoms with van der Waals surface area (Å²) in [6.45, 7) is 0.129. The largest absolute Gasteiger partial charge is 0.454 e. The van der Waals surface area contributed by atoms with Gasteiger partial charge in [-0.3, -0.25) is 19.8 Å². The highest BCUT2D eigenvalue weighted by atomic mass is 35.5. The third kappa shape index (κ3) is 3.14. The van der Waals surface area contributed by atoms with Gasteiger partial charge in [0.2, 0.25) is 6.79 Å². The number of anilines is 1. The molecule has 0 aromatic heterocycles. The molecule has 9 heteroatoms. The predicted molar refractivity (Wildman–Crippen MR) is 105 cm³/mol. The van der Waals surface area contributed by atoms with Gasteiger partial charge in [-0.05, 0) is 48.1 Å². The Morgan fingerprint density at radius 2 is 1.89 bits per heavy atom. The van der Waals surface area contributed by atoms with E-state index in [1.165, 1.54) is 6.08 Å². The molecule has 1 fully saturated rings. The second-order valence-corrected chi connectivity index (χ2v) is 6.82. The summed E-state index contributed by atoms with van der Waals surface area (Å²) in [6.07, 6.45) is 1.45. The van der Waals surface area contributed by atoms with E-state index in [0.717, 1.165) is 4.90 Å². The lowest BCUT2D eigenvalue weighted by atomic mass is 10.1. The highest BCUT2D eigenvalue weighted by molar-refractivity contribution is 7.80. The van der Waals surface area contributed by atoms with Crippen molar-refractivity contribution in [2.45, 2.75) is 0 Å². The molecule has 2 amide bonds. The van der Waals surface area contributed by atoms with Gasteiger partial charge in [0.1, 0.15) is 5.57 Å². The zero-order valence-corrected chi connectivity index (χ0v) is 15.8. The summed E-state index contributed by atoms with van der Waals surface area (Å²) < 4.78 is 10.6. The number of ether oxygens (including phenoxy) is 2. The van der Waals surface area contributed by atoms with Crippen molar-refractivity contribution in [1.29, 1.82) is 0 Å². The number of halogens is 2. The van der Waals surface area contributed by atoms with Gasteiger partial charge in [-0.2, -0.15) is 0 Å². The first-order chi connectivity index (χ1) is 13.0. The van der Waals surface area contributed by atoms with Crippen LogP contribution in [0.25, 0.3) is 6.08 Å². The number of rotatable bonds is 2. The summed E-state index contributed by atoms with van der Waals surface area (Å²) in [5, 5.41) is 2.85. The van der Waals surface area contributed by atoms with Crippen molar-refractivity contribution in [3.05, 3.63) is 57.6 Å². The number of carbonyl (C=O) groups excluding carboxylic acids is 2. The van der Waals surface area contributed by atoms with E-state index in [2.05, 4.69) is 5.32 Å². The summed E-state index contributed by atoms with van der Waals surface area (Å²) in [6, 6.07) is 9.92. The normalized spacial score (nSPS) is 17.5. The summed E-state index contributed by atoms with van der Waals surface area (Å²) in [7, 11) is 0. The van der Waals surface area contributed by atoms with E-state index in [4.69, 9.17) is 44.9 Å². The van der Waals surface area contributed by atoms with Gasteiger partial charge in [-0.25, -0.2) is 0 Å². The van der Waals surface area contributed by atoms with Crippen LogP contribution in [0.3, 0.4) is 0 Å². The van der Waals surface area contributed by atoms with Crippen molar-refractivity contribution in [3.8, 4) is 11.5 Å². The molecule has 6 nitrogen and oxygen atoms in total. The maximum absolute atomic E-state index is 13.0. The number of thiocarbonyl (C=S) groups is 1. The number of nitrogens with one attached hydrogen (secondary N) is 1. The van der Waals surface area contributed by atoms with Gasteiger partial charge in [0.15, 0.2) is 16.6 Å². The Hall–Kier alpha value is -2.61. The zero-order chi connectivity index (χ0) is 19.1. The molecule has 0 bridgehead atoms. The van der Waals surface area contributed by atoms with Gasteiger partial charge in [0.25, 0.3) is 11.8 Å². The van der Waals surface area contributed by atoms with Crippen molar-refractivity contribution in [2.24, 2.45) is 0 Å². The molecular formula is C18H10Cl2N2O4S. The summed E-state index contributed by atoms with van der Waals surface area (Å²) in [4.78, 5) is 26.5. The molecule has 2 aliphatic rings. The molecule has 1 saturated heterocycles. The first-order valence-corrected chi connectivity index (χ1v) is 8.87. The third-order valence-electron chi connectivity index (χ3n) is 3.98. The first kappa shape index (κ1) is 17.8. The molecule has 2 aliphatic heterocycles. The van der Waals surface area contributed by atoms with Crippen molar-refractivity contribution in [2.75, 3.05) is 11.7 Å². The number of carbonyl (C=O) groups is 2.